The Kier molecular flexibility index (Phi) is 5.97. The van der Waals surface area contributed by atoms with Gasteiger partial charge in [0, 0.05) is 25.2 Å². The van der Waals surface area contributed by atoms with Crippen LogP contribution in [0.25, 0.3) is 21.6 Å². The van der Waals surface area contributed by atoms with Crippen molar-refractivity contribution in [1.29, 1.82) is 0 Å². The molecule has 1 fully saturated rings. The summed E-state index contributed by atoms with van der Waals surface area (Å²) in [6, 6.07) is 8.04. The number of thiazole rings is 1. The molecule has 0 spiro atoms. The van der Waals surface area contributed by atoms with Crippen LogP contribution >= 0.6 is 11.3 Å². The number of piperidine rings is 1. The van der Waals surface area contributed by atoms with Crippen molar-refractivity contribution in [2.24, 2.45) is 5.92 Å². The fourth-order valence-corrected chi connectivity index (χ4v) is 4.55. The van der Waals surface area contributed by atoms with E-state index >= 15 is 0 Å². The van der Waals surface area contributed by atoms with E-state index in [1.165, 1.54) is 22.3 Å². The largest absolute Gasteiger partial charge is 0.467 e. The maximum absolute atomic E-state index is 14.7. The Hall–Kier alpha value is -2.58. The fourth-order valence-electron chi connectivity index (χ4n) is 3.68. The van der Waals surface area contributed by atoms with Crippen molar-refractivity contribution in [2.75, 3.05) is 27.2 Å². The zero-order valence-electron chi connectivity index (χ0n) is 17.3. The number of nitrogens with one attached hydrogen (secondary N) is 1. The zero-order chi connectivity index (χ0) is 21.3. The number of carbonyl (C=O) groups is 1. The molecule has 0 bridgehead atoms. The Labute approximate surface area is 179 Å². The highest BCUT2D eigenvalue weighted by Crippen LogP contribution is 2.32. The smallest absolute Gasteiger partial charge is 0.276 e. The number of hydrogen-bond acceptors (Lipinski definition) is 6. The van der Waals surface area contributed by atoms with E-state index < -0.39 is 5.82 Å². The first-order chi connectivity index (χ1) is 14.4. The quantitative estimate of drug-likeness (QED) is 0.666. The Balaban J connectivity index is 1.56. The number of pyridine rings is 1. The third-order valence-electron chi connectivity index (χ3n) is 5.47. The molecule has 1 atom stereocenters. The number of benzene rings is 1. The molecule has 3 heterocycles. The predicted octanol–water partition coefficient (Wildman–Crippen LogP) is 3.97. The van der Waals surface area contributed by atoms with Crippen molar-refractivity contribution in [3.8, 4) is 16.5 Å². The first-order valence-corrected chi connectivity index (χ1v) is 10.9. The average molecular weight is 429 g/mol. The first kappa shape index (κ1) is 20.7. The summed E-state index contributed by atoms with van der Waals surface area (Å²) in [6.45, 7) is 4.13. The molecule has 8 heteroatoms. The van der Waals surface area contributed by atoms with Crippen LogP contribution in [0.4, 0.5) is 4.39 Å². The zero-order valence-corrected chi connectivity index (χ0v) is 18.1. The highest BCUT2D eigenvalue weighted by Gasteiger charge is 2.22. The van der Waals surface area contributed by atoms with Crippen LogP contribution in [0.5, 0.6) is 5.19 Å². The second kappa shape index (κ2) is 8.65. The monoisotopic (exact) mass is 428 g/mol. The molecule has 0 saturated carbocycles. The van der Waals surface area contributed by atoms with E-state index in [0.29, 0.717) is 32.8 Å². The summed E-state index contributed by atoms with van der Waals surface area (Å²) in [7, 11) is 3.28. The molecule has 1 aliphatic heterocycles. The van der Waals surface area contributed by atoms with Crippen LogP contribution in [0.3, 0.4) is 0 Å². The highest BCUT2D eigenvalue weighted by molar-refractivity contribution is 7.19. The van der Waals surface area contributed by atoms with Gasteiger partial charge in [0.2, 0.25) is 0 Å². The molecule has 1 amide bonds. The summed E-state index contributed by atoms with van der Waals surface area (Å²) < 4.78 is 20.8. The Morgan fingerprint density at radius 1 is 1.23 bits per heavy atom. The van der Waals surface area contributed by atoms with E-state index in [1.807, 2.05) is 6.07 Å². The molecule has 30 heavy (non-hydrogen) atoms. The SMILES string of the molecule is CC(Oc1nc2ccc(-c3ccc(C(=O)N(C)C)cc3F)nc2s1)C1CCNCC1. The first-order valence-electron chi connectivity index (χ1n) is 10.1. The van der Waals surface area contributed by atoms with E-state index in [4.69, 9.17) is 4.74 Å². The lowest BCUT2D eigenvalue weighted by Gasteiger charge is -2.27. The van der Waals surface area contributed by atoms with E-state index in [0.717, 1.165) is 31.4 Å². The predicted molar refractivity (Wildman–Crippen MR) is 117 cm³/mol. The second-order valence-electron chi connectivity index (χ2n) is 7.81. The number of rotatable bonds is 5. The van der Waals surface area contributed by atoms with Gasteiger partial charge in [0.05, 0.1) is 5.69 Å². The lowest BCUT2D eigenvalue weighted by atomic mass is 9.93. The Morgan fingerprint density at radius 2 is 2.00 bits per heavy atom. The van der Waals surface area contributed by atoms with Gasteiger partial charge in [0.25, 0.3) is 11.1 Å². The molecule has 3 aromatic rings. The number of fused-ring (bicyclic) bond motifs is 1. The maximum atomic E-state index is 14.7. The second-order valence-corrected chi connectivity index (χ2v) is 8.75. The molecule has 0 aliphatic carbocycles. The van der Waals surface area contributed by atoms with Crippen LogP contribution in [-0.2, 0) is 0 Å². The van der Waals surface area contributed by atoms with E-state index in [2.05, 4.69) is 22.2 Å². The lowest BCUT2D eigenvalue weighted by molar-refractivity contribution is 0.0827. The van der Waals surface area contributed by atoms with Crippen molar-refractivity contribution < 1.29 is 13.9 Å². The van der Waals surface area contributed by atoms with Crippen LogP contribution in [-0.4, -0.2) is 54.1 Å². The molecule has 158 valence electrons. The molecule has 2 aromatic heterocycles. The van der Waals surface area contributed by atoms with Gasteiger partial charge in [-0.3, -0.25) is 4.79 Å². The number of ether oxygens (including phenoxy) is 1. The molecule has 0 radical (unpaired) electrons. The minimum absolute atomic E-state index is 0.0892. The van der Waals surface area contributed by atoms with Gasteiger partial charge in [-0.1, -0.05) is 11.3 Å². The van der Waals surface area contributed by atoms with Crippen molar-refractivity contribution in [1.82, 2.24) is 20.2 Å². The van der Waals surface area contributed by atoms with E-state index in [9.17, 15) is 9.18 Å². The number of halogens is 1. The third kappa shape index (κ3) is 4.29. The Bertz CT molecular complexity index is 1060. The minimum atomic E-state index is -0.477. The van der Waals surface area contributed by atoms with Gasteiger partial charge in [-0.05, 0) is 69.1 Å². The molecular formula is C22H25FN4O2S. The maximum Gasteiger partial charge on any atom is 0.276 e. The van der Waals surface area contributed by atoms with Gasteiger partial charge in [-0.25, -0.2) is 14.4 Å². The van der Waals surface area contributed by atoms with E-state index in [-0.39, 0.29) is 12.0 Å². The lowest BCUT2D eigenvalue weighted by Crippen LogP contribution is -2.35. The summed E-state index contributed by atoms with van der Waals surface area (Å²) in [5, 5.41) is 3.96. The summed E-state index contributed by atoms with van der Waals surface area (Å²) in [6.07, 6.45) is 2.28. The molecule has 1 aromatic carbocycles. The summed E-state index contributed by atoms with van der Waals surface area (Å²) in [4.78, 5) is 23.3. The Morgan fingerprint density at radius 3 is 2.70 bits per heavy atom. The number of nitrogens with zero attached hydrogens (tertiary/aromatic N) is 3. The van der Waals surface area contributed by atoms with Crippen molar-refractivity contribution >= 4 is 27.6 Å². The minimum Gasteiger partial charge on any atom is -0.467 e. The number of carbonyl (C=O) groups excluding carboxylic acids is 1. The topological polar surface area (TPSA) is 67.3 Å². The van der Waals surface area contributed by atoms with Crippen molar-refractivity contribution in [2.45, 2.75) is 25.9 Å². The fraction of sp³-hybridized carbons (Fsp3) is 0.409. The van der Waals surface area contributed by atoms with Gasteiger partial charge >= 0.3 is 0 Å². The molecular weight excluding hydrogens is 403 g/mol. The van der Waals surface area contributed by atoms with Gasteiger partial charge < -0.3 is 15.0 Å². The molecule has 6 nitrogen and oxygen atoms in total. The standard InChI is InChI=1S/C22H25FN4O2S/c1-13(14-8-10-24-11-9-14)29-22-26-19-7-6-18(25-20(19)30-22)16-5-4-15(12-17(16)23)21(28)27(2)3/h4-7,12-14,24H,8-11H2,1-3H3. The number of hydrogen-bond donors (Lipinski definition) is 1. The highest BCUT2D eigenvalue weighted by atomic mass is 32.1. The van der Waals surface area contributed by atoms with E-state index in [1.54, 1.807) is 32.3 Å². The molecule has 1 unspecified atom stereocenters. The van der Waals surface area contributed by atoms with Crippen LogP contribution in [0.15, 0.2) is 30.3 Å². The van der Waals surface area contributed by atoms with Crippen molar-refractivity contribution in [3.63, 3.8) is 0 Å². The number of aromatic nitrogens is 2. The summed E-state index contributed by atoms with van der Waals surface area (Å²) in [5.74, 6) is -0.203. The molecule has 1 saturated heterocycles. The molecule has 4 rings (SSSR count). The molecule has 1 aliphatic rings. The van der Waals surface area contributed by atoms with Crippen LogP contribution in [0.1, 0.15) is 30.1 Å². The van der Waals surface area contributed by atoms with Crippen molar-refractivity contribution in [3.05, 3.63) is 41.7 Å². The van der Waals surface area contributed by atoms with Gasteiger partial charge in [-0.2, -0.15) is 0 Å². The number of amides is 1. The van der Waals surface area contributed by atoms with Gasteiger partial charge in [0.1, 0.15) is 22.3 Å². The summed E-state index contributed by atoms with van der Waals surface area (Å²) >= 11 is 1.37. The molecule has 1 N–H and O–H groups in total. The van der Waals surface area contributed by atoms with Crippen LogP contribution < -0.4 is 10.1 Å². The normalized spacial score (nSPS) is 15.9. The van der Waals surface area contributed by atoms with Crippen LogP contribution in [0, 0.1) is 11.7 Å². The summed E-state index contributed by atoms with van der Waals surface area (Å²) in [5.41, 5.74) is 1.90. The van der Waals surface area contributed by atoms with Crippen LogP contribution in [0.2, 0.25) is 0 Å². The third-order valence-corrected chi connectivity index (χ3v) is 6.32. The van der Waals surface area contributed by atoms with Gasteiger partial charge in [0.15, 0.2) is 0 Å². The van der Waals surface area contributed by atoms with Gasteiger partial charge in [-0.15, -0.1) is 0 Å². The average Bonchev–Trinajstić information content (AvgIpc) is 3.15.